The van der Waals surface area contributed by atoms with Gasteiger partial charge in [-0.15, -0.1) is 0 Å². The molecule has 2 amide bonds. The third kappa shape index (κ3) is 5.63. The van der Waals surface area contributed by atoms with Gasteiger partial charge in [0.2, 0.25) is 0 Å². The molecule has 5 nitrogen and oxygen atoms in total. The minimum Gasteiger partial charge on any atom is -0.486 e. The maximum Gasteiger partial charge on any atom is 0.293 e. The van der Waals surface area contributed by atoms with Gasteiger partial charge in [-0.2, -0.15) is 5.26 Å². The smallest absolute Gasteiger partial charge is 0.293 e. The van der Waals surface area contributed by atoms with Gasteiger partial charge < -0.3 is 4.74 Å². The summed E-state index contributed by atoms with van der Waals surface area (Å²) in [5, 5.41) is 8.96. The fourth-order valence-corrected chi connectivity index (χ4v) is 5.82. The van der Waals surface area contributed by atoms with E-state index >= 15 is 0 Å². The van der Waals surface area contributed by atoms with Crippen molar-refractivity contribution in [1.82, 2.24) is 4.90 Å². The third-order valence-electron chi connectivity index (χ3n) is 4.96. The van der Waals surface area contributed by atoms with Crippen LogP contribution in [0.2, 0.25) is 0 Å². The Morgan fingerprint density at radius 1 is 1.00 bits per heavy atom. The summed E-state index contributed by atoms with van der Waals surface area (Å²) in [6.45, 7) is 0.453. The van der Waals surface area contributed by atoms with Crippen LogP contribution in [0.1, 0.15) is 22.3 Å². The zero-order valence-electron chi connectivity index (χ0n) is 17.4. The van der Waals surface area contributed by atoms with Gasteiger partial charge in [0.15, 0.2) is 0 Å². The highest BCUT2D eigenvalue weighted by Gasteiger charge is 2.35. The topological polar surface area (TPSA) is 70.4 Å². The number of halogens is 3. The highest BCUT2D eigenvalue weighted by atomic mass is 79.9. The number of thioether (sulfide) groups is 1. The van der Waals surface area contributed by atoms with E-state index in [9.17, 15) is 14.9 Å². The molecule has 3 aromatic carbocycles. The van der Waals surface area contributed by atoms with Crippen molar-refractivity contribution in [2.75, 3.05) is 0 Å². The molecule has 1 saturated heterocycles. The number of hydrogen-bond acceptors (Lipinski definition) is 5. The van der Waals surface area contributed by atoms with Gasteiger partial charge in [0.05, 0.1) is 32.0 Å². The number of nitriles is 1. The number of rotatable bonds is 6. The minimum absolute atomic E-state index is 0.222. The van der Waals surface area contributed by atoms with Crippen molar-refractivity contribution in [3.8, 4) is 11.8 Å². The van der Waals surface area contributed by atoms with Gasteiger partial charge in [0.25, 0.3) is 11.1 Å². The zero-order chi connectivity index (χ0) is 24.2. The van der Waals surface area contributed by atoms with E-state index in [0.29, 0.717) is 25.2 Å². The summed E-state index contributed by atoms with van der Waals surface area (Å²) < 4.78 is 8.24. The highest BCUT2D eigenvalue weighted by Crippen LogP contribution is 2.38. The molecule has 0 unspecified atom stereocenters. The molecule has 0 N–H and O–H groups in total. The van der Waals surface area contributed by atoms with Crippen LogP contribution >= 0.6 is 59.6 Å². The van der Waals surface area contributed by atoms with Crippen LogP contribution in [0.5, 0.6) is 5.75 Å². The molecular weight excluding hydrogens is 648 g/mol. The monoisotopic (exact) mass is 660 g/mol. The lowest BCUT2D eigenvalue weighted by Gasteiger charge is -2.13. The summed E-state index contributed by atoms with van der Waals surface area (Å²) in [6.07, 6.45) is 1.69. The van der Waals surface area contributed by atoms with Gasteiger partial charge in [-0.05, 0) is 91.2 Å². The Bertz CT molecular complexity index is 1330. The van der Waals surface area contributed by atoms with E-state index in [-0.39, 0.29) is 24.3 Å². The number of ether oxygens (including phenoxy) is 1. The van der Waals surface area contributed by atoms with Crippen molar-refractivity contribution in [1.29, 1.82) is 5.26 Å². The molecule has 1 aliphatic rings. The number of benzene rings is 3. The first-order valence-electron chi connectivity index (χ1n) is 9.95. The second kappa shape index (κ2) is 10.9. The van der Waals surface area contributed by atoms with E-state index in [4.69, 9.17) is 4.74 Å². The number of nitrogens with zero attached hydrogens (tertiary/aromatic N) is 2. The first-order chi connectivity index (χ1) is 16.4. The Morgan fingerprint density at radius 3 is 2.35 bits per heavy atom. The molecule has 4 rings (SSSR count). The highest BCUT2D eigenvalue weighted by molar-refractivity contribution is 9.11. The third-order valence-corrected chi connectivity index (χ3v) is 7.57. The second-order valence-corrected chi connectivity index (χ2v) is 10.9. The molecule has 34 heavy (non-hydrogen) atoms. The van der Waals surface area contributed by atoms with E-state index in [0.717, 1.165) is 32.9 Å². The predicted octanol–water partition coefficient (Wildman–Crippen LogP) is 7.66. The lowest BCUT2D eigenvalue weighted by Crippen LogP contribution is -2.27. The summed E-state index contributed by atoms with van der Waals surface area (Å²) in [7, 11) is 0. The van der Waals surface area contributed by atoms with Crippen LogP contribution in [-0.2, 0) is 17.9 Å². The van der Waals surface area contributed by atoms with Crippen molar-refractivity contribution in [3.05, 3.63) is 101 Å². The zero-order valence-corrected chi connectivity index (χ0v) is 23.0. The Morgan fingerprint density at radius 2 is 1.68 bits per heavy atom. The molecule has 0 aromatic heterocycles. The van der Waals surface area contributed by atoms with E-state index in [1.165, 1.54) is 4.90 Å². The predicted molar refractivity (Wildman–Crippen MR) is 143 cm³/mol. The van der Waals surface area contributed by atoms with E-state index < -0.39 is 0 Å². The van der Waals surface area contributed by atoms with Crippen LogP contribution in [0.3, 0.4) is 0 Å². The minimum atomic E-state index is -0.321. The Kier molecular flexibility index (Phi) is 7.94. The first-order valence-corrected chi connectivity index (χ1v) is 13.1. The fourth-order valence-electron chi connectivity index (χ4n) is 3.27. The van der Waals surface area contributed by atoms with Gasteiger partial charge in [0.1, 0.15) is 12.4 Å². The standard InChI is InChI=1S/C25H15Br3N2O3S/c26-19-7-5-15(6-8-19)13-30-24(31)22(34-25(30)32)11-16-9-20(27)23(21(28)10-16)33-14-18-4-2-1-3-17(18)12-29/h1-11H,13-14H2/b22-11-. The van der Waals surface area contributed by atoms with E-state index in [2.05, 4.69) is 53.9 Å². The van der Waals surface area contributed by atoms with Crippen molar-refractivity contribution in [2.24, 2.45) is 0 Å². The van der Waals surface area contributed by atoms with E-state index in [1.54, 1.807) is 12.1 Å². The fraction of sp³-hybridized carbons (Fsp3) is 0.0800. The number of carbonyl (C=O) groups is 2. The van der Waals surface area contributed by atoms with Gasteiger partial charge in [0, 0.05) is 10.0 Å². The summed E-state index contributed by atoms with van der Waals surface area (Å²) >= 11 is 11.4. The summed E-state index contributed by atoms with van der Waals surface area (Å²) in [5.74, 6) is 0.256. The molecule has 0 radical (unpaired) electrons. The van der Waals surface area contributed by atoms with Crippen molar-refractivity contribution in [3.63, 3.8) is 0 Å². The Hall–Kier alpha value is -2.38. The maximum atomic E-state index is 12.9. The first kappa shape index (κ1) is 24.7. The quantitative estimate of drug-likeness (QED) is 0.254. The van der Waals surface area contributed by atoms with Crippen molar-refractivity contribution >= 4 is 76.8 Å². The lowest BCUT2D eigenvalue weighted by molar-refractivity contribution is -0.123. The van der Waals surface area contributed by atoms with Gasteiger partial charge in [-0.1, -0.05) is 46.3 Å². The molecule has 9 heteroatoms. The number of hydrogen-bond donors (Lipinski definition) is 0. The Balaban J connectivity index is 1.51. The van der Waals surface area contributed by atoms with Crippen LogP contribution < -0.4 is 4.74 Å². The molecule has 0 spiro atoms. The largest absolute Gasteiger partial charge is 0.486 e. The SMILES string of the molecule is N#Cc1ccccc1COc1c(Br)cc(/C=C2\SC(=O)N(Cc3ccc(Br)cc3)C2=O)cc1Br. The second-order valence-electron chi connectivity index (χ2n) is 7.27. The molecule has 0 bridgehead atoms. The van der Waals surface area contributed by atoms with Crippen molar-refractivity contribution in [2.45, 2.75) is 13.2 Å². The molecule has 0 aliphatic carbocycles. The van der Waals surface area contributed by atoms with Gasteiger partial charge in [-0.25, -0.2) is 0 Å². The van der Waals surface area contributed by atoms with Crippen LogP contribution in [0.25, 0.3) is 6.08 Å². The van der Waals surface area contributed by atoms with Crippen LogP contribution in [-0.4, -0.2) is 16.0 Å². The maximum absolute atomic E-state index is 12.9. The summed E-state index contributed by atoms with van der Waals surface area (Å²) in [4.78, 5) is 27.0. The van der Waals surface area contributed by atoms with E-state index in [1.807, 2.05) is 54.6 Å². The molecule has 1 heterocycles. The average Bonchev–Trinajstić information content (AvgIpc) is 3.07. The normalized spacial score (nSPS) is 14.5. The lowest BCUT2D eigenvalue weighted by atomic mass is 10.1. The molecule has 1 fully saturated rings. The van der Waals surface area contributed by atoms with Crippen molar-refractivity contribution < 1.29 is 14.3 Å². The number of amides is 2. The molecule has 170 valence electrons. The van der Waals surface area contributed by atoms with Crippen LogP contribution in [0.4, 0.5) is 4.79 Å². The number of carbonyl (C=O) groups excluding carboxylic acids is 2. The molecular formula is C25H15Br3N2O3S. The van der Waals surface area contributed by atoms with Gasteiger partial charge >= 0.3 is 0 Å². The number of imide groups is 1. The molecule has 0 saturated carbocycles. The summed E-state index contributed by atoms with van der Waals surface area (Å²) in [5.41, 5.74) is 2.95. The van der Waals surface area contributed by atoms with Crippen LogP contribution in [0, 0.1) is 11.3 Å². The molecule has 3 aromatic rings. The molecule has 1 aliphatic heterocycles. The average molecular weight is 663 g/mol. The van der Waals surface area contributed by atoms with Gasteiger partial charge in [-0.3, -0.25) is 14.5 Å². The Labute approximate surface area is 226 Å². The van der Waals surface area contributed by atoms with Crippen LogP contribution in [0.15, 0.2) is 79.0 Å². The summed E-state index contributed by atoms with van der Waals surface area (Å²) in [6, 6.07) is 20.6. The molecule has 0 atom stereocenters.